The van der Waals surface area contributed by atoms with Crippen molar-refractivity contribution >= 4 is 15.7 Å². The van der Waals surface area contributed by atoms with Gasteiger partial charge in [0.1, 0.15) is 12.7 Å². The average molecular weight is 267 g/mol. The van der Waals surface area contributed by atoms with Crippen LogP contribution in [0, 0.1) is 0 Å². The van der Waals surface area contributed by atoms with Crippen LogP contribution in [0.5, 0.6) is 0 Å². The molecule has 0 saturated heterocycles. The molecule has 1 aromatic carbocycles. The quantitative estimate of drug-likeness (QED) is 0.767. The van der Waals surface area contributed by atoms with Gasteiger partial charge in [-0.1, -0.05) is 6.92 Å². The third-order valence-corrected chi connectivity index (χ3v) is 3.86. The molecule has 3 N–H and O–H groups in total. The molecule has 0 radical (unpaired) electrons. The number of nitrogens with two attached hydrogens (primary N) is 1. The normalized spacial score (nSPS) is 11.6. The number of anilines is 1. The molecular weight excluding hydrogens is 254 g/mol. The fourth-order valence-electron chi connectivity index (χ4n) is 1.50. The first-order valence-electron chi connectivity index (χ1n) is 5.29. The van der Waals surface area contributed by atoms with Crippen molar-refractivity contribution in [3.8, 4) is 5.69 Å². The lowest BCUT2D eigenvalue weighted by molar-refractivity contribution is 0.584. The molecule has 0 bridgehead atoms. The molecular formula is C10H13N5O2S. The molecule has 1 aromatic heterocycles. The first-order chi connectivity index (χ1) is 8.54. The van der Waals surface area contributed by atoms with Gasteiger partial charge in [-0.15, -0.1) is 0 Å². The zero-order valence-electron chi connectivity index (χ0n) is 9.74. The Bertz CT molecular complexity index is 636. The van der Waals surface area contributed by atoms with Gasteiger partial charge >= 0.3 is 0 Å². The zero-order chi connectivity index (χ0) is 13.2. The van der Waals surface area contributed by atoms with Crippen molar-refractivity contribution in [3.63, 3.8) is 0 Å². The molecule has 0 aliphatic rings. The largest absolute Gasteiger partial charge is 0.397 e. The van der Waals surface area contributed by atoms with Gasteiger partial charge in [0.2, 0.25) is 10.0 Å². The van der Waals surface area contributed by atoms with Crippen LogP contribution in [-0.4, -0.2) is 29.7 Å². The summed E-state index contributed by atoms with van der Waals surface area (Å²) >= 11 is 0. The fourth-order valence-corrected chi connectivity index (χ4v) is 2.56. The summed E-state index contributed by atoms with van der Waals surface area (Å²) in [6.45, 7) is 2.04. The molecule has 0 amide bonds. The summed E-state index contributed by atoms with van der Waals surface area (Å²) in [5.41, 5.74) is 6.70. The van der Waals surface area contributed by atoms with Crippen molar-refractivity contribution in [1.82, 2.24) is 19.5 Å². The molecule has 0 saturated carbocycles. The van der Waals surface area contributed by atoms with Gasteiger partial charge in [0.25, 0.3) is 0 Å². The predicted molar refractivity (Wildman–Crippen MR) is 66.6 cm³/mol. The van der Waals surface area contributed by atoms with Crippen molar-refractivity contribution in [2.24, 2.45) is 0 Å². The lowest BCUT2D eigenvalue weighted by Gasteiger charge is -2.09. The van der Waals surface area contributed by atoms with Crippen LogP contribution in [-0.2, 0) is 10.0 Å². The van der Waals surface area contributed by atoms with Gasteiger partial charge in [0.15, 0.2) is 0 Å². The maximum absolute atomic E-state index is 11.9. The molecule has 2 rings (SSSR count). The SMILES string of the molecule is CCNS(=O)(=O)c1ccc(N)c(-n2cncn2)c1. The highest BCUT2D eigenvalue weighted by molar-refractivity contribution is 7.89. The molecule has 7 nitrogen and oxygen atoms in total. The van der Waals surface area contributed by atoms with Crippen LogP contribution in [0.1, 0.15) is 6.92 Å². The summed E-state index contributed by atoms with van der Waals surface area (Å²) in [5.74, 6) is 0. The molecule has 0 aliphatic carbocycles. The minimum absolute atomic E-state index is 0.143. The van der Waals surface area contributed by atoms with Gasteiger partial charge in [-0.2, -0.15) is 5.10 Å². The van der Waals surface area contributed by atoms with Crippen molar-refractivity contribution in [1.29, 1.82) is 0 Å². The fraction of sp³-hybridized carbons (Fsp3) is 0.200. The zero-order valence-corrected chi connectivity index (χ0v) is 10.6. The molecule has 8 heteroatoms. The minimum atomic E-state index is -3.51. The third-order valence-electron chi connectivity index (χ3n) is 2.31. The first-order valence-corrected chi connectivity index (χ1v) is 6.77. The van der Waals surface area contributed by atoms with E-state index in [2.05, 4.69) is 14.8 Å². The minimum Gasteiger partial charge on any atom is -0.397 e. The number of rotatable bonds is 4. The topological polar surface area (TPSA) is 103 Å². The average Bonchev–Trinajstić information content (AvgIpc) is 2.82. The summed E-state index contributed by atoms with van der Waals surface area (Å²) in [6.07, 6.45) is 2.81. The molecule has 0 atom stereocenters. The lowest BCUT2D eigenvalue weighted by atomic mass is 10.3. The number of hydrogen-bond acceptors (Lipinski definition) is 5. The third kappa shape index (κ3) is 2.34. The van der Waals surface area contributed by atoms with Gasteiger partial charge < -0.3 is 5.73 Å². The van der Waals surface area contributed by atoms with Gasteiger partial charge in [0.05, 0.1) is 16.3 Å². The van der Waals surface area contributed by atoms with E-state index in [-0.39, 0.29) is 4.90 Å². The number of nitrogens with one attached hydrogen (secondary N) is 1. The van der Waals surface area contributed by atoms with Crippen LogP contribution in [0.25, 0.3) is 5.69 Å². The van der Waals surface area contributed by atoms with E-state index in [1.807, 2.05) is 0 Å². The molecule has 0 unspecified atom stereocenters. The van der Waals surface area contributed by atoms with Gasteiger partial charge in [0, 0.05) is 6.54 Å². The second kappa shape index (κ2) is 4.75. The van der Waals surface area contributed by atoms with Crippen molar-refractivity contribution in [2.75, 3.05) is 12.3 Å². The second-order valence-corrected chi connectivity index (χ2v) is 5.33. The van der Waals surface area contributed by atoms with E-state index in [9.17, 15) is 8.42 Å². The van der Waals surface area contributed by atoms with Crippen molar-refractivity contribution in [3.05, 3.63) is 30.9 Å². The van der Waals surface area contributed by atoms with Crippen LogP contribution in [0.3, 0.4) is 0 Å². The maximum atomic E-state index is 11.9. The maximum Gasteiger partial charge on any atom is 0.240 e. The Morgan fingerprint density at radius 2 is 2.22 bits per heavy atom. The number of nitrogens with zero attached hydrogens (tertiary/aromatic N) is 3. The van der Waals surface area contributed by atoms with E-state index < -0.39 is 10.0 Å². The number of nitrogen functional groups attached to an aromatic ring is 1. The highest BCUT2D eigenvalue weighted by Gasteiger charge is 2.15. The Labute approximate surface area is 105 Å². The summed E-state index contributed by atoms with van der Waals surface area (Å²) in [7, 11) is -3.51. The van der Waals surface area contributed by atoms with E-state index in [0.29, 0.717) is 17.9 Å². The number of sulfonamides is 1. The second-order valence-electron chi connectivity index (χ2n) is 3.56. The van der Waals surface area contributed by atoms with Crippen LogP contribution >= 0.6 is 0 Å². The van der Waals surface area contributed by atoms with Crippen LogP contribution in [0.4, 0.5) is 5.69 Å². The molecule has 0 fully saturated rings. The van der Waals surface area contributed by atoms with Gasteiger partial charge in [-0.3, -0.25) is 0 Å². The molecule has 0 aliphatic heterocycles. The van der Waals surface area contributed by atoms with Crippen molar-refractivity contribution < 1.29 is 8.42 Å². The van der Waals surface area contributed by atoms with Crippen LogP contribution in [0.2, 0.25) is 0 Å². The van der Waals surface area contributed by atoms with E-state index in [1.54, 1.807) is 6.92 Å². The van der Waals surface area contributed by atoms with Gasteiger partial charge in [-0.05, 0) is 18.2 Å². The number of aromatic nitrogens is 3. The molecule has 1 heterocycles. The smallest absolute Gasteiger partial charge is 0.240 e. The Balaban J connectivity index is 2.51. The summed E-state index contributed by atoms with van der Waals surface area (Å²) in [5, 5.41) is 3.93. The van der Waals surface area contributed by atoms with E-state index in [4.69, 9.17) is 5.73 Å². The summed E-state index contributed by atoms with van der Waals surface area (Å²) in [6, 6.07) is 4.44. The Morgan fingerprint density at radius 3 is 2.83 bits per heavy atom. The first kappa shape index (κ1) is 12.5. The predicted octanol–water partition coefficient (Wildman–Crippen LogP) is 0.148. The Morgan fingerprint density at radius 1 is 1.44 bits per heavy atom. The summed E-state index contributed by atoms with van der Waals surface area (Å²) in [4.78, 5) is 3.94. The van der Waals surface area contributed by atoms with E-state index >= 15 is 0 Å². The lowest BCUT2D eigenvalue weighted by Crippen LogP contribution is -2.23. The highest BCUT2D eigenvalue weighted by Crippen LogP contribution is 2.20. The van der Waals surface area contributed by atoms with E-state index in [1.165, 1.54) is 35.5 Å². The molecule has 2 aromatic rings. The molecule has 18 heavy (non-hydrogen) atoms. The Hall–Kier alpha value is -1.93. The van der Waals surface area contributed by atoms with Crippen molar-refractivity contribution in [2.45, 2.75) is 11.8 Å². The monoisotopic (exact) mass is 267 g/mol. The van der Waals surface area contributed by atoms with Crippen LogP contribution in [0.15, 0.2) is 35.7 Å². The van der Waals surface area contributed by atoms with Crippen LogP contribution < -0.4 is 10.5 Å². The number of hydrogen-bond donors (Lipinski definition) is 2. The summed E-state index contributed by atoms with van der Waals surface area (Å²) < 4.78 is 27.6. The Kier molecular flexibility index (Phi) is 3.30. The van der Waals surface area contributed by atoms with Gasteiger partial charge in [-0.25, -0.2) is 22.8 Å². The number of benzene rings is 1. The molecule has 96 valence electrons. The standard InChI is InChI=1S/C10H13N5O2S/c1-2-14-18(16,17)8-3-4-9(11)10(5-8)15-7-12-6-13-15/h3-7,14H,2,11H2,1H3. The van der Waals surface area contributed by atoms with E-state index in [0.717, 1.165) is 0 Å². The molecule has 0 spiro atoms. The highest BCUT2D eigenvalue weighted by atomic mass is 32.2.